The fourth-order valence-electron chi connectivity index (χ4n) is 3.16. The van der Waals surface area contributed by atoms with Gasteiger partial charge in [-0.25, -0.2) is 9.97 Å². The van der Waals surface area contributed by atoms with E-state index in [4.69, 9.17) is 5.11 Å². The maximum absolute atomic E-state index is 9.12. The Morgan fingerprint density at radius 1 is 1.11 bits per heavy atom. The van der Waals surface area contributed by atoms with Crippen LogP contribution in [0.1, 0.15) is 0 Å². The van der Waals surface area contributed by atoms with Crippen LogP contribution in [0.2, 0.25) is 0 Å². The molecule has 1 aliphatic rings. The number of anilines is 4. The Kier molecular flexibility index (Phi) is 5.27. The number of pyridine rings is 1. The summed E-state index contributed by atoms with van der Waals surface area (Å²) in [5.41, 5.74) is 1.96. The van der Waals surface area contributed by atoms with Crippen LogP contribution in [0.4, 0.5) is 23.3 Å². The van der Waals surface area contributed by atoms with Crippen molar-refractivity contribution in [1.29, 1.82) is 0 Å². The number of benzene rings is 1. The SMILES string of the molecule is OCCNc1nc(Nc2cc(N3CCNCC3)ccn2)nc2ccccc12. The number of hydrogen-bond acceptors (Lipinski definition) is 8. The standard InChI is InChI=1S/C19H23N7O/c27-12-9-22-18-15-3-1-2-4-16(15)23-19(25-18)24-17-13-14(5-6-21-17)26-10-7-20-8-11-26/h1-6,13,20,27H,7-12H2,(H2,21,22,23,24,25). The lowest BCUT2D eigenvalue weighted by molar-refractivity contribution is 0.311. The number of aromatic nitrogens is 3. The van der Waals surface area contributed by atoms with E-state index in [0.29, 0.717) is 24.1 Å². The van der Waals surface area contributed by atoms with E-state index in [0.717, 1.165) is 42.8 Å². The average molecular weight is 365 g/mol. The first-order chi connectivity index (χ1) is 13.3. The van der Waals surface area contributed by atoms with Gasteiger partial charge in [0.15, 0.2) is 0 Å². The summed E-state index contributed by atoms with van der Waals surface area (Å²) in [4.78, 5) is 15.9. The zero-order valence-electron chi connectivity index (χ0n) is 15.0. The summed E-state index contributed by atoms with van der Waals surface area (Å²) in [6.45, 7) is 4.39. The molecule has 0 atom stereocenters. The molecule has 0 bridgehead atoms. The molecule has 140 valence electrons. The molecular weight excluding hydrogens is 342 g/mol. The minimum absolute atomic E-state index is 0.0371. The number of nitrogens with one attached hydrogen (secondary N) is 3. The Morgan fingerprint density at radius 3 is 2.81 bits per heavy atom. The molecule has 1 aromatic carbocycles. The van der Waals surface area contributed by atoms with Gasteiger partial charge in [0.25, 0.3) is 0 Å². The smallest absolute Gasteiger partial charge is 0.230 e. The number of hydrogen-bond donors (Lipinski definition) is 4. The van der Waals surface area contributed by atoms with E-state index in [1.165, 1.54) is 0 Å². The second-order valence-corrected chi connectivity index (χ2v) is 6.32. The summed E-state index contributed by atoms with van der Waals surface area (Å²) in [6.07, 6.45) is 1.80. The van der Waals surface area contributed by atoms with Gasteiger partial charge in [-0.2, -0.15) is 4.98 Å². The highest BCUT2D eigenvalue weighted by atomic mass is 16.3. The average Bonchev–Trinajstić information content (AvgIpc) is 2.73. The van der Waals surface area contributed by atoms with Crippen molar-refractivity contribution in [2.24, 2.45) is 0 Å². The van der Waals surface area contributed by atoms with Crippen LogP contribution >= 0.6 is 0 Å². The van der Waals surface area contributed by atoms with E-state index in [1.807, 2.05) is 36.4 Å². The van der Waals surface area contributed by atoms with Crippen molar-refractivity contribution in [2.75, 3.05) is 54.9 Å². The van der Waals surface area contributed by atoms with E-state index in [2.05, 4.69) is 35.8 Å². The van der Waals surface area contributed by atoms with Crippen molar-refractivity contribution in [3.8, 4) is 0 Å². The highest BCUT2D eigenvalue weighted by Crippen LogP contribution is 2.24. The first-order valence-corrected chi connectivity index (χ1v) is 9.14. The number of aliphatic hydroxyl groups excluding tert-OH is 1. The molecule has 2 aromatic heterocycles. The molecule has 3 aromatic rings. The quantitative estimate of drug-likeness (QED) is 0.523. The second kappa shape index (κ2) is 8.15. The molecule has 0 unspecified atom stereocenters. The summed E-state index contributed by atoms with van der Waals surface area (Å²) in [6, 6.07) is 11.8. The van der Waals surface area contributed by atoms with Crippen LogP contribution in [0.15, 0.2) is 42.6 Å². The molecule has 3 heterocycles. The van der Waals surface area contributed by atoms with Gasteiger partial charge in [-0.05, 0) is 18.2 Å². The molecule has 1 fully saturated rings. The van der Waals surface area contributed by atoms with Gasteiger partial charge in [0.2, 0.25) is 5.95 Å². The molecule has 0 saturated carbocycles. The van der Waals surface area contributed by atoms with Crippen LogP contribution < -0.4 is 20.9 Å². The van der Waals surface area contributed by atoms with E-state index in [1.54, 1.807) is 6.20 Å². The molecule has 27 heavy (non-hydrogen) atoms. The monoisotopic (exact) mass is 365 g/mol. The third-order valence-corrected chi connectivity index (χ3v) is 4.47. The summed E-state index contributed by atoms with van der Waals surface area (Å²) in [5, 5.41) is 19.8. The molecule has 0 aliphatic carbocycles. The highest BCUT2D eigenvalue weighted by molar-refractivity contribution is 5.90. The first kappa shape index (κ1) is 17.4. The molecule has 0 spiro atoms. The lowest BCUT2D eigenvalue weighted by atomic mass is 10.2. The molecular formula is C19H23N7O. The Balaban J connectivity index is 1.61. The second-order valence-electron chi connectivity index (χ2n) is 6.32. The predicted molar refractivity (Wildman–Crippen MR) is 108 cm³/mol. The van der Waals surface area contributed by atoms with E-state index < -0.39 is 0 Å². The van der Waals surface area contributed by atoms with Gasteiger partial charge in [0, 0.05) is 56.1 Å². The number of rotatable bonds is 6. The van der Waals surface area contributed by atoms with Gasteiger partial charge in [-0.3, -0.25) is 0 Å². The largest absolute Gasteiger partial charge is 0.395 e. The third-order valence-electron chi connectivity index (χ3n) is 4.47. The molecule has 0 radical (unpaired) electrons. The van der Waals surface area contributed by atoms with Crippen LogP contribution in [0.25, 0.3) is 10.9 Å². The number of piperazine rings is 1. The zero-order valence-corrected chi connectivity index (χ0v) is 15.0. The summed E-state index contributed by atoms with van der Waals surface area (Å²) < 4.78 is 0. The normalized spacial score (nSPS) is 14.3. The molecule has 0 amide bonds. The number of fused-ring (bicyclic) bond motifs is 1. The van der Waals surface area contributed by atoms with Gasteiger partial charge in [-0.15, -0.1) is 0 Å². The van der Waals surface area contributed by atoms with E-state index in [9.17, 15) is 0 Å². The van der Waals surface area contributed by atoms with Crippen LogP contribution in [0.5, 0.6) is 0 Å². The number of aliphatic hydroxyl groups is 1. The van der Waals surface area contributed by atoms with Crippen molar-refractivity contribution in [2.45, 2.75) is 0 Å². The maximum atomic E-state index is 9.12. The van der Waals surface area contributed by atoms with Crippen molar-refractivity contribution in [1.82, 2.24) is 20.3 Å². The topological polar surface area (TPSA) is 98.2 Å². The van der Waals surface area contributed by atoms with Crippen molar-refractivity contribution in [3.63, 3.8) is 0 Å². The van der Waals surface area contributed by atoms with Gasteiger partial charge >= 0.3 is 0 Å². The Hall–Kier alpha value is -2.97. The summed E-state index contributed by atoms with van der Waals surface area (Å²) in [7, 11) is 0. The number of nitrogens with zero attached hydrogens (tertiary/aromatic N) is 4. The van der Waals surface area contributed by atoms with Crippen molar-refractivity contribution < 1.29 is 5.11 Å². The number of para-hydroxylation sites is 1. The van der Waals surface area contributed by atoms with Crippen molar-refractivity contribution in [3.05, 3.63) is 42.6 Å². The maximum Gasteiger partial charge on any atom is 0.230 e. The Labute approximate surface area is 157 Å². The molecule has 8 heteroatoms. The van der Waals surface area contributed by atoms with Gasteiger partial charge in [0.1, 0.15) is 11.6 Å². The van der Waals surface area contributed by atoms with Gasteiger partial charge in [0.05, 0.1) is 12.1 Å². The van der Waals surface area contributed by atoms with Crippen molar-refractivity contribution >= 4 is 34.2 Å². The van der Waals surface area contributed by atoms with Crippen LogP contribution in [-0.2, 0) is 0 Å². The lowest BCUT2D eigenvalue weighted by Crippen LogP contribution is -2.43. The summed E-state index contributed by atoms with van der Waals surface area (Å²) in [5.74, 6) is 1.86. The lowest BCUT2D eigenvalue weighted by Gasteiger charge is -2.29. The molecule has 4 rings (SSSR count). The van der Waals surface area contributed by atoms with E-state index >= 15 is 0 Å². The Bertz CT molecular complexity index is 911. The molecule has 1 saturated heterocycles. The summed E-state index contributed by atoms with van der Waals surface area (Å²) >= 11 is 0. The van der Waals surface area contributed by atoms with Gasteiger partial charge in [-0.1, -0.05) is 12.1 Å². The fourth-order valence-corrected chi connectivity index (χ4v) is 3.16. The minimum Gasteiger partial charge on any atom is -0.395 e. The molecule has 8 nitrogen and oxygen atoms in total. The van der Waals surface area contributed by atoms with Crippen LogP contribution in [-0.4, -0.2) is 59.4 Å². The van der Waals surface area contributed by atoms with E-state index in [-0.39, 0.29) is 6.61 Å². The molecule has 4 N–H and O–H groups in total. The third kappa shape index (κ3) is 4.07. The van der Waals surface area contributed by atoms with Crippen LogP contribution in [0.3, 0.4) is 0 Å². The Morgan fingerprint density at radius 2 is 1.96 bits per heavy atom. The first-order valence-electron chi connectivity index (χ1n) is 9.14. The minimum atomic E-state index is 0.0371. The highest BCUT2D eigenvalue weighted by Gasteiger charge is 2.12. The zero-order chi connectivity index (χ0) is 18.5. The van der Waals surface area contributed by atoms with Crippen LogP contribution in [0, 0.1) is 0 Å². The van der Waals surface area contributed by atoms with Gasteiger partial charge < -0.3 is 26.0 Å². The molecule has 1 aliphatic heterocycles. The fraction of sp³-hybridized carbons (Fsp3) is 0.316. The predicted octanol–water partition coefficient (Wildman–Crippen LogP) is 1.58.